The fraction of sp³-hybridized carbons (Fsp3) is 0.303. The standard InChI is InChI=1S/C33H37FN4O5/c1-4-37(5-2)17-9-19-42-31-22-27-25(21-30(31)41-3)28(14-16-36-27)43-29-13-12-24(20-26(29)34)38(33(40)32(35)39)18-15-23-10-7-6-8-11-23/h6-8,10-14,16,20-22H,4-5,9,15,17-19H2,1-3H3,(H2,35,39). The second-order valence-corrected chi connectivity index (χ2v) is 9.83. The third kappa shape index (κ3) is 7.98. The minimum atomic E-state index is -1.13. The number of amides is 2. The summed E-state index contributed by atoms with van der Waals surface area (Å²) in [5, 5.41) is 0.603. The summed E-state index contributed by atoms with van der Waals surface area (Å²) in [7, 11) is 1.55. The Labute approximate surface area is 251 Å². The van der Waals surface area contributed by atoms with Crippen molar-refractivity contribution >= 4 is 28.4 Å². The number of ether oxygens (including phenoxy) is 3. The Hall–Kier alpha value is -4.70. The number of anilines is 1. The summed E-state index contributed by atoms with van der Waals surface area (Å²) < 4.78 is 32.9. The van der Waals surface area contributed by atoms with Gasteiger partial charge < -0.3 is 29.7 Å². The van der Waals surface area contributed by atoms with Crippen molar-refractivity contribution in [2.45, 2.75) is 26.7 Å². The molecule has 4 aromatic rings. The molecular formula is C33H37FN4O5. The van der Waals surface area contributed by atoms with Gasteiger partial charge in [-0.2, -0.15) is 0 Å². The predicted molar refractivity (Wildman–Crippen MR) is 164 cm³/mol. The van der Waals surface area contributed by atoms with Crippen molar-refractivity contribution in [2.75, 3.05) is 44.8 Å². The molecule has 0 aliphatic rings. The van der Waals surface area contributed by atoms with Crippen molar-refractivity contribution < 1.29 is 28.2 Å². The molecule has 4 rings (SSSR count). The lowest BCUT2D eigenvalue weighted by atomic mass is 10.1. The van der Waals surface area contributed by atoms with Crippen molar-refractivity contribution in [2.24, 2.45) is 5.73 Å². The first-order chi connectivity index (χ1) is 20.8. The zero-order chi connectivity index (χ0) is 30.8. The Morgan fingerprint density at radius 3 is 2.35 bits per heavy atom. The zero-order valence-corrected chi connectivity index (χ0v) is 24.7. The number of methoxy groups -OCH3 is 1. The maximum Gasteiger partial charge on any atom is 0.316 e. The lowest BCUT2D eigenvalue weighted by molar-refractivity contribution is -0.135. The van der Waals surface area contributed by atoms with Crippen molar-refractivity contribution in [1.29, 1.82) is 0 Å². The number of hydrogen-bond acceptors (Lipinski definition) is 7. The second-order valence-electron chi connectivity index (χ2n) is 9.83. The second kappa shape index (κ2) is 15.0. The van der Waals surface area contributed by atoms with Crippen LogP contribution in [0.2, 0.25) is 0 Å². The molecule has 1 aromatic heterocycles. The van der Waals surface area contributed by atoms with Gasteiger partial charge in [0, 0.05) is 42.5 Å². The Morgan fingerprint density at radius 1 is 0.907 bits per heavy atom. The van der Waals surface area contributed by atoms with E-state index < -0.39 is 17.6 Å². The smallest absolute Gasteiger partial charge is 0.316 e. The molecule has 2 amide bonds. The number of pyridine rings is 1. The first-order valence-electron chi connectivity index (χ1n) is 14.3. The van der Waals surface area contributed by atoms with Crippen LogP contribution < -0.4 is 24.8 Å². The van der Waals surface area contributed by atoms with Gasteiger partial charge in [0.25, 0.3) is 0 Å². The van der Waals surface area contributed by atoms with Gasteiger partial charge in [0.2, 0.25) is 0 Å². The highest BCUT2D eigenvalue weighted by Crippen LogP contribution is 2.38. The summed E-state index contributed by atoms with van der Waals surface area (Å²) in [5.41, 5.74) is 7.02. The molecule has 43 heavy (non-hydrogen) atoms. The highest BCUT2D eigenvalue weighted by molar-refractivity contribution is 6.39. The lowest BCUT2D eigenvalue weighted by Gasteiger charge is -2.22. The van der Waals surface area contributed by atoms with E-state index in [0.717, 1.165) is 37.7 Å². The van der Waals surface area contributed by atoms with Crippen LogP contribution in [0.4, 0.5) is 10.1 Å². The number of halogens is 1. The fourth-order valence-corrected chi connectivity index (χ4v) is 4.73. The van der Waals surface area contributed by atoms with E-state index >= 15 is 4.39 Å². The summed E-state index contributed by atoms with van der Waals surface area (Å²) in [4.78, 5) is 32.3. The van der Waals surface area contributed by atoms with E-state index in [0.29, 0.717) is 41.2 Å². The molecule has 0 bridgehead atoms. The van der Waals surface area contributed by atoms with E-state index in [-0.39, 0.29) is 18.0 Å². The molecule has 2 N–H and O–H groups in total. The number of hydrogen-bond donors (Lipinski definition) is 1. The maximum absolute atomic E-state index is 15.4. The third-order valence-corrected chi connectivity index (χ3v) is 7.13. The number of aromatic nitrogens is 1. The van der Waals surface area contributed by atoms with Crippen LogP contribution in [0.25, 0.3) is 10.9 Å². The van der Waals surface area contributed by atoms with Crippen LogP contribution in [-0.4, -0.2) is 61.6 Å². The van der Waals surface area contributed by atoms with Gasteiger partial charge in [0.05, 0.1) is 19.2 Å². The Kier molecular flexibility index (Phi) is 10.9. The molecule has 0 atom stereocenters. The number of primary amides is 1. The van der Waals surface area contributed by atoms with Crippen LogP contribution in [0.15, 0.2) is 72.9 Å². The molecule has 0 spiro atoms. The molecule has 0 aliphatic heterocycles. The summed E-state index contributed by atoms with van der Waals surface area (Å²) >= 11 is 0. The molecule has 0 saturated heterocycles. The van der Waals surface area contributed by atoms with Gasteiger partial charge in [-0.05, 0) is 55.8 Å². The summed E-state index contributed by atoms with van der Waals surface area (Å²) in [6, 6.07) is 18.7. The van der Waals surface area contributed by atoms with Crippen LogP contribution in [-0.2, 0) is 16.0 Å². The van der Waals surface area contributed by atoms with E-state index in [4.69, 9.17) is 19.9 Å². The van der Waals surface area contributed by atoms with Crippen LogP contribution in [0.3, 0.4) is 0 Å². The van der Waals surface area contributed by atoms with E-state index in [1.807, 2.05) is 30.3 Å². The molecule has 226 valence electrons. The summed E-state index contributed by atoms with van der Waals surface area (Å²) in [5.74, 6) is -1.42. The predicted octanol–water partition coefficient (Wildman–Crippen LogP) is 5.35. The van der Waals surface area contributed by atoms with Gasteiger partial charge in [-0.15, -0.1) is 0 Å². The number of nitrogens with zero attached hydrogens (tertiary/aromatic N) is 3. The van der Waals surface area contributed by atoms with Crippen LogP contribution in [0, 0.1) is 5.82 Å². The Morgan fingerprint density at radius 2 is 1.67 bits per heavy atom. The highest BCUT2D eigenvalue weighted by Gasteiger charge is 2.22. The molecule has 9 nitrogen and oxygen atoms in total. The van der Waals surface area contributed by atoms with Gasteiger partial charge in [-0.25, -0.2) is 4.39 Å². The molecule has 3 aromatic carbocycles. The SMILES string of the molecule is CCN(CC)CCCOc1cc2nccc(Oc3ccc(N(CCc4ccccc4)C(=O)C(N)=O)cc3F)c2cc1OC. The average molecular weight is 589 g/mol. The lowest BCUT2D eigenvalue weighted by Crippen LogP contribution is -2.41. The van der Waals surface area contributed by atoms with E-state index in [2.05, 4.69) is 23.7 Å². The van der Waals surface area contributed by atoms with E-state index in [1.165, 1.54) is 17.0 Å². The Bertz CT molecular complexity index is 1550. The first kappa shape index (κ1) is 31.2. The van der Waals surface area contributed by atoms with Crippen molar-refractivity contribution in [1.82, 2.24) is 9.88 Å². The number of carbonyl (C=O) groups is 2. The van der Waals surface area contributed by atoms with Crippen LogP contribution in [0.5, 0.6) is 23.0 Å². The average Bonchev–Trinajstić information content (AvgIpc) is 3.02. The van der Waals surface area contributed by atoms with Crippen molar-refractivity contribution in [3.8, 4) is 23.0 Å². The van der Waals surface area contributed by atoms with Crippen LogP contribution in [0.1, 0.15) is 25.8 Å². The fourth-order valence-electron chi connectivity index (χ4n) is 4.73. The number of benzene rings is 3. The Balaban J connectivity index is 1.53. The van der Waals surface area contributed by atoms with E-state index in [1.54, 1.807) is 31.5 Å². The minimum absolute atomic E-state index is 0.0681. The molecular weight excluding hydrogens is 551 g/mol. The third-order valence-electron chi connectivity index (χ3n) is 7.13. The largest absolute Gasteiger partial charge is 0.493 e. The summed E-state index contributed by atoms with van der Waals surface area (Å²) in [6.45, 7) is 7.84. The molecule has 10 heteroatoms. The summed E-state index contributed by atoms with van der Waals surface area (Å²) in [6.07, 6.45) is 2.88. The molecule has 0 radical (unpaired) electrons. The highest BCUT2D eigenvalue weighted by atomic mass is 19.1. The number of nitrogens with two attached hydrogens (primary N) is 1. The first-order valence-corrected chi connectivity index (χ1v) is 14.3. The van der Waals surface area contributed by atoms with Gasteiger partial charge in [0.1, 0.15) is 5.75 Å². The van der Waals surface area contributed by atoms with Gasteiger partial charge in [-0.1, -0.05) is 44.2 Å². The van der Waals surface area contributed by atoms with Crippen molar-refractivity contribution in [3.63, 3.8) is 0 Å². The molecule has 0 saturated carbocycles. The quantitative estimate of drug-likeness (QED) is 0.156. The zero-order valence-electron chi connectivity index (χ0n) is 24.7. The van der Waals surface area contributed by atoms with Crippen LogP contribution >= 0.6 is 0 Å². The number of fused-ring (bicyclic) bond motifs is 1. The molecule has 0 aliphatic carbocycles. The topological polar surface area (TPSA) is 107 Å². The van der Waals surface area contributed by atoms with Crippen molar-refractivity contribution in [3.05, 3.63) is 84.3 Å². The molecule has 1 heterocycles. The number of rotatable bonds is 14. The minimum Gasteiger partial charge on any atom is -0.493 e. The number of carbonyl (C=O) groups excluding carboxylic acids is 2. The molecule has 0 fully saturated rings. The monoisotopic (exact) mass is 588 g/mol. The van der Waals surface area contributed by atoms with Gasteiger partial charge in [-0.3, -0.25) is 14.6 Å². The molecule has 0 unspecified atom stereocenters. The van der Waals surface area contributed by atoms with Gasteiger partial charge in [0.15, 0.2) is 23.1 Å². The normalized spacial score (nSPS) is 11.0. The van der Waals surface area contributed by atoms with Gasteiger partial charge >= 0.3 is 11.8 Å². The van der Waals surface area contributed by atoms with E-state index in [9.17, 15) is 9.59 Å². The maximum atomic E-state index is 15.4.